The Kier molecular flexibility index (Phi) is 5.18. The minimum absolute atomic E-state index is 0.0125. The molecule has 0 unspecified atom stereocenters. The predicted molar refractivity (Wildman–Crippen MR) is 91.5 cm³/mol. The van der Waals surface area contributed by atoms with Gasteiger partial charge in [-0.1, -0.05) is 37.3 Å². The molecule has 1 aliphatic heterocycles. The lowest BCUT2D eigenvalue weighted by Crippen LogP contribution is -2.38. The van der Waals surface area contributed by atoms with E-state index in [-0.39, 0.29) is 11.0 Å². The fourth-order valence-electron chi connectivity index (χ4n) is 2.69. The summed E-state index contributed by atoms with van der Waals surface area (Å²) >= 11 is 0. The van der Waals surface area contributed by atoms with Gasteiger partial charge in [-0.05, 0) is 36.4 Å². The van der Waals surface area contributed by atoms with Crippen LogP contribution in [0.4, 0.5) is 0 Å². The summed E-state index contributed by atoms with van der Waals surface area (Å²) in [4.78, 5) is 2.47. The van der Waals surface area contributed by atoms with Crippen LogP contribution in [0.2, 0.25) is 0 Å². The SMILES string of the molecule is CCN1CCO[C@H](c2ccc(OS(=O)(=O)c3ccccc3)cc2)C1. The van der Waals surface area contributed by atoms with Crippen molar-refractivity contribution in [3.8, 4) is 5.75 Å². The van der Waals surface area contributed by atoms with Crippen LogP contribution in [0.5, 0.6) is 5.75 Å². The molecule has 0 spiro atoms. The first kappa shape index (κ1) is 17.0. The summed E-state index contributed by atoms with van der Waals surface area (Å²) in [6.45, 7) is 5.63. The van der Waals surface area contributed by atoms with Crippen molar-refractivity contribution in [2.45, 2.75) is 17.9 Å². The maximum atomic E-state index is 12.2. The van der Waals surface area contributed by atoms with E-state index in [2.05, 4.69) is 11.8 Å². The Morgan fingerprint density at radius 2 is 1.83 bits per heavy atom. The summed E-state index contributed by atoms with van der Waals surface area (Å²) in [5.41, 5.74) is 1.03. The lowest BCUT2D eigenvalue weighted by Gasteiger charge is -2.32. The van der Waals surface area contributed by atoms with Crippen LogP contribution in [-0.4, -0.2) is 39.6 Å². The average Bonchev–Trinajstić information content (AvgIpc) is 2.63. The quantitative estimate of drug-likeness (QED) is 0.779. The molecule has 0 bridgehead atoms. The normalized spacial score (nSPS) is 19.1. The second-order valence-corrected chi connectivity index (χ2v) is 7.22. The molecule has 3 rings (SSSR count). The Bertz CT molecular complexity index is 759. The summed E-state index contributed by atoms with van der Waals surface area (Å²) < 4.78 is 35.4. The number of likely N-dealkylation sites (N-methyl/N-ethyl adjacent to an activating group) is 1. The third-order valence-electron chi connectivity index (χ3n) is 4.09. The molecule has 6 heteroatoms. The van der Waals surface area contributed by atoms with E-state index in [4.69, 9.17) is 8.92 Å². The molecule has 0 saturated carbocycles. The molecular weight excluding hydrogens is 326 g/mol. The minimum Gasteiger partial charge on any atom is -0.379 e. The Morgan fingerprint density at radius 3 is 2.50 bits per heavy atom. The van der Waals surface area contributed by atoms with Gasteiger partial charge in [0, 0.05) is 13.1 Å². The molecule has 0 aromatic heterocycles. The maximum Gasteiger partial charge on any atom is 0.339 e. The number of ether oxygens (including phenoxy) is 1. The molecule has 5 nitrogen and oxygen atoms in total. The molecule has 1 saturated heterocycles. The molecule has 1 fully saturated rings. The van der Waals surface area contributed by atoms with Gasteiger partial charge in [-0.3, -0.25) is 4.90 Å². The topological polar surface area (TPSA) is 55.8 Å². The molecule has 24 heavy (non-hydrogen) atoms. The first-order valence-electron chi connectivity index (χ1n) is 8.02. The summed E-state index contributed by atoms with van der Waals surface area (Å²) in [6, 6.07) is 15.2. The molecule has 0 radical (unpaired) electrons. The van der Waals surface area contributed by atoms with Gasteiger partial charge in [0.15, 0.2) is 0 Å². The zero-order valence-electron chi connectivity index (χ0n) is 13.6. The van der Waals surface area contributed by atoms with E-state index in [1.54, 1.807) is 30.3 Å². The first-order valence-corrected chi connectivity index (χ1v) is 9.43. The number of hydrogen-bond acceptors (Lipinski definition) is 5. The van der Waals surface area contributed by atoms with Crippen molar-refractivity contribution < 1.29 is 17.3 Å². The summed E-state index contributed by atoms with van der Waals surface area (Å²) in [5, 5.41) is 0. The molecule has 0 aliphatic carbocycles. The van der Waals surface area contributed by atoms with Gasteiger partial charge in [0.1, 0.15) is 10.6 Å². The van der Waals surface area contributed by atoms with Gasteiger partial charge in [-0.15, -0.1) is 0 Å². The Hall–Kier alpha value is -1.89. The lowest BCUT2D eigenvalue weighted by atomic mass is 10.1. The van der Waals surface area contributed by atoms with E-state index in [0.29, 0.717) is 12.4 Å². The van der Waals surface area contributed by atoms with Crippen LogP contribution < -0.4 is 4.18 Å². The summed E-state index contributed by atoms with van der Waals surface area (Å²) in [6.07, 6.45) is 0.0125. The molecule has 1 atom stereocenters. The van der Waals surface area contributed by atoms with Gasteiger partial charge in [-0.2, -0.15) is 8.42 Å². The number of benzene rings is 2. The number of hydrogen-bond donors (Lipinski definition) is 0. The number of morpholine rings is 1. The summed E-state index contributed by atoms with van der Waals surface area (Å²) in [7, 11) is -3.80. The number of nitrogens with zero attached hydrogens (tertiary/aromatic N) is 1. The molecule has 2 aromatic rings. The van der Waals surface area contributed by atoms with Crippen molar-refractivity contribution in [2.24, 2.45) is 0 Å². The van der Waals surface area contributed by atoms with Gasteiger partial charge in [0.2, 0.25) is 0 Å². The van der Waals surface area contributed by atoms with Crippen LogP contribution in [0.25, 0.3) is 0 Å². The smallest absolute Gasteiger partial charge is 0.339 e. The highest BCUT2D eigenvalue weighted by molar-refractivity contribution is 7.87. The van der Waals surface area contributed by atoms with Gasteiger partial charge in [0.05, 0.1) is 12.7 Å². The van der Waals surface area contributed by atoms with E-state index in [1.165, 1.54) is 12.1 Å². The average molecular weight is 347 g/mol. The number of rotatable bonds is 5. The van der Waals surface area contributed by atoms with Crippen LogP contribution in [-0.2, 0) is 14.9 Å². The van der Waals surface area contributed by atoms with Gasteiger partial charge in [-0.25, -0.2) is 0 Å². The van der Waals surface area contributed by atoms with E-state index >= 15 is 0 Å². The molecule has 128 valence electrons. The maximum absolute atomic E-state index is 12.2. The van der Waals surface area contributed by atoms with Crippen molar-refractivity contribution in [3.05, 3.63) is 60.2 Å². The van der Waals surface area contributed by atoms with E-state index in [0.717, 1.165) is 25.2 Å². The van der Waals surface area contributed by atoms with Crippen LogP contribution in [0.15, 0.2) is 59.5 Å². The van der Waals surface area contributed by atoms with Crippen molar-refractivity contribution in [1.29, 1.82) is 0 Å². The third kappa shape index (κ3) is 3.95. The monoisotopic (exact) mass is 347 g/mol. The zero-order chi connectivity index (χ0) is 17.0. The molecule has 0 amide bonds. The van der Waals surface area contributed by atoms with Crippen LogP contribution in [0.3, 0.4) is 0 Å². The second kappa shape index (κ2) is 7.34. The Labute approximate surface area is 142 Å². The van der Waals surface area contributed by atoms with Crippen molar-refractivity contribution in [3.63, 3.8) is 0 Å². The fraction of sp³-hybridized carbons (Fsp3) is 0.333. The molecule has 1 aliphatic rings. The van der Waals surface area contributed by atoms with Gasteiger partial charge in [0.25, 0.3) is 0 Å². The highest BCUT2D eigenvalue weighted by Gasteiger charge is 2.21. The van der Waals surface area contributed by atoms with Gasteiger partial charge < -0.3 is 8.92 Å². The van der Waals surface area contributed by atoms with E-state index in [9.17, 15) is 8.42 Å². The molecule has 0 N–H and O–H groups in total. The van der Waals surface area contributed by atoms with Gasteiger partial charge >= 0.3 is 10.1 Å². The predicted octanol–water partition coefficient (Wildman–Crippen LogP) is 2.85. The zero-order valence-corrected chi connectivity index (χ0v) is 14.4. The van der Waals surface area contributed by atoms with Crippen molar-refractivity contribution in [2.75, 3.05) is 26.2 Å². The van der Waals surface area contributed by atoms with Crippen molar-refractivity contribution >= 4 is 10.1 Å². The van der Waals surface area contributed by atoms with Crippen LogP contribution >= 0.6 is 0 Å². The molecular formula is C18H21NO4S. The third-order valence-corrected chi connectivity index (χ3v) is 5.35. The fourth-order valence-corrected chi connectivity index (χ4v) is 3.64. The molecule has 2 aromatic carbocycles. The van der Waals surface area contributed by atoms with Crippen LogP contribution in [0.1, 0.15) is 18.6 Å². The van der Waals surface area contributed by atoms with Crippen LogP contribution in [0, 0.1) is 0 Å². The highest BCUT2D eigenvalue weighted by atomic mass is 32.2. The minimum atomic E-state index is -3.80. The first-order chi connectivity index (χ1) is 11.6. The molecule has 1 heterocycles. The lowest BCUT2D eigenvalue weighted by molar-refractivity contribution is -0.0281. The van der Waals surface area contributed by atoms with E-state index in [1.807, 2.05) is 12.1 Å². The van der Waals surface area contributed by atoms with E-state index < -0.39 is 10.1 Å². The highest BCUT2D eigenvalue weighted by Crippen LogP contribution is 2.25. The Balaban J connectivity index is 1.71. The largest absolute Gasteiger partial charge is 0.379 e. The second-order valence-electron chi connectivity index (χ2n) is 5.67. The Morgan fingerprint density at radius 1 is 1.12 bits per heavy atom. The summed E-state index contributed by atoms with van der Waals surface area (Å²) in [5.74, 6) is 0.297. The standard InChI is InChI=1S/C18H21NO4S/c1-2-19-12-13-22-18(14-19)15-8-10-16(11-9-15)23-24(20,21)17-6-4-3-5-7-17/h3-11,18H,2,12-14H2,1H3/t18-/m0/s1. The van der Waals surface area contributed by atoms with Crippen molar-refractivity contribution in [1.82, 2.24) is 4.90 Å².